The molecule has 13 heavy (non-hydrogen) atoms. The van der Waals surface area contributed by atoms with Crippen LogP contribution in [0.2, 0.25) is 0 Å². The first-order valence-electron chi connectivity index (χ1n) is 4.71. The number of anilines is 1. The Kier molecular flexibility index (Phi) is 2.49. The molecule has 0 radical (unpaired) electrons. The van der Waals surface area contributed by atoms with Gasteiger partial charge in [0.25, 0.3) is 0 Å². The molecule has 72 valence electrons. The molecule has 0 amide bonds. The highest BCUT2D eigenvalue weighted by Gasteiger charge is 2.18. The van der Waals surface area contributed by atoms with E-state index in [9.17, 15) is 0 Å². The Hall–Kier alpha value is -1.03. The number of nitrogens with one attached hydrogen (secondary N) is 1. The van der Waals surface area contributed by atoms with Gasteiger partial charge in [-0.3, -0.25) is 0 Å². The first kappa shape index (κ1) is 8.56. The minimum absolute atomic E-state index is 0.566. The van der Waals surface area contributed by atoms with Crippen molar-refractivity contribution in [1.29, 1.82) is 0 Å². The highest BCUT2D eigenvalue weighted by molar-refractivity contribution is 5.45. The molecule has 1 aliphatic rings. The van der Waals surface area contributed by atoms with Crippen molar-refractivity contribution in [1.82, 2.24) is 5.16 Å². The monoisotopic (exact) mass is 182 g/mol. The Morgan fingerprint density at radius 2 is 2.46 bits per heavy atom. The fraction of sp³-hybridized carbons (Fsp3) is 0.667. The van der Waals surface area contributed by atoms with Crippen molar-refractivity contribution in [2.24, 2.45) is 0 Å². The highest BCUT2D eigenvalue weighted by Crippen LogP contribution is 2.23. The zero-order valence-electron chi connectivity index (χ0n) is 7.80. The van der Waals surface area contributed by atoms with Crippen molar-refractivity contribution >= 4 is 5.82 Å². The fourth-order valence-electron chi connectivity index (χ4n) is 1.44. The second kappa shape index (κ2) is 3.79. The van der Waals surface area contributed by atoms with E-state index in [1.807, 2.05) is 0 Å². The molecular weight excluding hydrogens is 168 g/mol. The van der Waals surface area contributed by atoms with Crippen LogP contribution in [0.25, 0.3) is 0 Å². The van der Waals surface area contributed by atoms with E-state index >= 15 is 0 Å². The molecule has 0 bridgehead atoms. The molecule has 0 saturated heterocycles. The summed E-state index contributed by atoms with van der Waals surface area (Å²) in [6.45, 7) is 4.41. The summed E-state index contributed by atoms with van der Waals surface area (Å²) in [4.78, 5) is 0. The van der Waals surface area contributed by atoms with Crippen molar-refractivity contribution < 1.29 is 9.26 Å². The Labute approximate surface area is 77.2 Å². The molecule has 0 fully saturated rings. The maximum atomic E-state index is 5.25. The number of aromatic nitrogens is 1. The molecule has 0 spiro atoms. The summed E-state index contributed by atoms with van der Waals surface area (Å²) >= 11 is 0. The van der Waals surface area contributed by atoms with Gasteiger partial charge in [0.05, 0.1) is 6.61 Å². The predicted octanol–water partition coefficient (Wildman–Crippen LogP) is 1.57. The zero-order valence-corrected chi connectivity index (χ0v) is 7.80. The Morgan fingerprint density at radius 1 is 1.54 bits per heavy atom. The molecule has 4 nitrogen and oxygen atoms in total. The minimum atomic E-state index is 0.566. The van der Waals surface area contributed by atoms with Crippen LogP contribution in [-0.4, -0.2) is 18.3 Å². The molecule has 0 unspecified atom stereocenters. The van der Waals surface area contributed by atoms with E-state index in [1.54, 1.807) is 0 Å². The van der Waals surface area contributed by atoms with Crippen LogP contribution in [0.15, 0.2) is 4.52 Å². The van der Waals surface area contributed by atoms with E-state index in [0.29, 0.717) is 6.61 Å². The van der Waals surface area contributed by atoms with Gasteiger partial charge in [0, 0.05) is 18.5 Å². The first-order valence-corrected chi connectivity index (χ1v) is 4.71. The molecule has 0 atom stereocenters. The second-order valence-electron chi connectivity index (χ2n) is 3.16. The fourth-order valence-corrected chi connectivity index (χ4v) is 1.44. The SMILES string of the molecule is CCCNc1noc2c1CCOC2. The lowest BCUT2D eigenvalue weighted by Gasteiger charge is -2.10. The summed E-state index contributed by atoms with van der Waals surface area (Å²) in [5.41, 5.74) is 1.19. The van der Waals surface area contributed by atoms with Gasteiger partial charge in [-0.25, -0.2) is 0 Å². The Morgan fingerprint density at radius 3 is 3.31 bits per heavy atom. The minimum Gasteiger partial charge on any atom is -0.373 e. The maximum Gasteiger partial charge on any atom is 0.173 e. The summed E-state index contributed by atoms with van der Waals surface area (Å²) in [6, 6.07) is 0. The summed E-state index contributed by atoms with van der Waals surface area (Å²) < 4.78 is 10.4. The van der Waals surface area contributed by atoms with E-state index in [2.05, 4.69) is 17.4 Å². The number of nitrogens with zero attached hydrogens (tertiary/aromatic N) is 1. The number of hydrogen-bond acceptors (Lipinski definition) is 4. The van der Waals surface area contributed by atoms with Gasteiger partial charge in [-0.05, 0) is 6.42 Å². The Bertz CT molecular complexity index is 283. The number of ether oxygens (including phenoxy) is 1. The normalized spacial score (nSPS) is 15.5. The van der Waals surface area contributed by atoms with Crippen LogP contribution in [0, 0.1) is 0 Å². The van der Waals surface area contributed by atoms with Crippen LogP contribution in [0.4, 0.5) is 5.82 Å². The number of rotatable bonds is 3. The van der Waals surface area contributed by atoms with Crippen LogP contribution >= 0.6 is 0 Å². The molecule has 0 aliphatic carbocycles. The van der Waals surface area contributed by atoms with Gasteiger partial charge < -0.3 is 14.6 Å². The third kappa shape index (κ3) is 1.67. The molecule has 4 heteroatoms. The third-order valence-electron chi connectivity index (χ3n) is 2.14. The first-order chi connectivity index (χ1) is 6.42. The van der Waals surface area contributed by atoms with Crippen LogP contribution in [0.3, 0.4) is 0 Å². The van der Waals surface area contributed by atoms with E-state index in [1.165, 1.54) is 5.56 Å². The lowest BCUT2D eigenvalue weighted by molar-refractivity contribution is 0.0894. The van der Waals surface area contributed by atoms with Gasteiger partial charge in [-0.15, -0.1) is 0 Å². The summed E-state index contributed by atoms with van der Waals surface area (Å²) in [7, 11) is 0. The van der Waals surface area contributed by atoms with Gasteiger partial charge in [-0.2, -0.15) is 0 Å². The van der Waals surface area contributed by atoms with Crippen molar-refractivity contribution in [3.63, 3.8) is 0 Å². The van der Waals surface area contributed by atoms with Crippen molar-refractivity contribution in [2.45, 2.75) is 26.4 Å². The highest BCUT2D eigenvalue weighted by atomic mass is 16.5. The van der Waals surface area contributed by atoms with Crippen LogP contribution in [-0.2, 0) is 17.8 Å². The number of hydrogen-bond donors (Lipinski definition) is 1. The van der Waals surface area contributed by atoms with Gasteiger partial charge in [0.15, 0.2) is 11.6 Å². The van der Waals surface area contributed by atoms with Gasteiger partial charge in [0.1, 0.15) is 6.61 Å². The summed E-state index contributed by atoms with van der Waals surface area (Å²) in [5, 5.41) is 7.21. The molecule has 1 aliphatic heterocycles. The third-order valence-corrected chi connectivity index (χ3v) is 2.14. The van der Waals surface area contributed by atoms with Crippen LogP contribution in [0.5, 0.6) is 0 Å². The molecule has 2 heterocycles. The average molecular weight is 182 g/mol. The van der Waals surface area contributed by atoms with E-state index in [-0.39, 0.29) is 0 Å². The largest absolute Gasteiger partial charge is 0.373 e. The lowest BCUT2D eigenvalue weighted by atomic mass is 10.1. The maximum absolute atomic E-state index is 5.25. The molecule has 1 aromatic rings. The summed E-state index contributed by atoms with van der Waals surface area (Å²) in [5.74, 6) is 1.78. The zero-order chi connectivity index (χ0) is 9.10. The van der Waals surface area contributed by atoms with Crippen LogP contribution < -0.4 is 5.32 Å². The van der Waals surface area contributed by atoms with Crippen molar-refractivity contribution in [3.05, 3.63) is 11.3 Å². The van der Waals surface area contributed by atoms with E-state index in [4.69, 9.17) is 9.26 Å². The standard InChI is InChI=1S/C9H14N2O2/c1-2-4-10-9-7-3-5-12-6-8(7)13-11-9/h2-6H2,1H3,(H,10,11). The molecule has 2 rings (SSSR count). The van der Waals surface area contributed by atoms with Crippen molar-refractivity contribution in [2.75, 3.05) is 18.5 Å². The average Bonchev–Trinajstić information content (AvgIpc) is 2.58. The topological polar surface area (TPSA) is 47.3 Å². The Balaban J connectivity index is 2.12. The van der Waals surface area contributed by atoms with Crippen LogP contribution in [0.1, 0.15) is 24.7 Å². The molecule has 0 aromatic carbocycles. The van der Waals surface area contributed by atoms with E-state index < -0.39 is 0 Å². The molecule has 1 N–H and O–H groups in total. The van der Waals surface area contributed by atoms with E-state index in [0.717, 1.165) is 37.6 Å². The van der Waals surface area contributed by atoms with Crippen molar-refractivity contribution in [3.8, 4) is 0 Å². The quantitative estimate of drug-likeness (QED) is 0.770. The smallest absolute Gasteiger partial charge is 0.173 e. The molecule has 1 aromatic heterocycles. The summed E-state index contributed by atoms with van der Waals surface area (Å²) in [6.07, 6.45) is 2.00. The van der Waals surface area contributed by atoms with Gasteiger partial charge in [0.2, 0.25) is 0 Å². The molecule has 0 saturated carbocycles. The van der Waals surface area contributed by atoms with Gasteiger partial charge >= 0.3 is 0 Å². The second-order valence-corrected chi connectivity index (χ2v) is 3.16. The van der Waals surface area contributed by atoms with Gasteiger partial charge in [-0.1, -0.05) is 12.1 Å². The lowest BCUT2D eigenvalue weighted by Crippen LogP contribution is -2.10. The molecular formula is C9H14N2O2. The predicted molar refractivity (Wildman–Crippen MR) is 48.6 cm³/mol. The number of fused-ring (bicyclic) bond motifs is 1.